The minimum atomic E-state index is -0.140. The van der Waals surface area contributed by atoms with E-state index in [2.05, 4.69) is 10.2 Å². The molecule has 1 amide bonds. The fourth-order valence-electron chi connectivity index (χ4n) is 3.40. The molecule has 2 heterocycles. The molecule has 2 aliphatic heterocycles. The Morgan fingerprint density at radius 2 is 1.83 bits per heavy atom. The average Bonchev–Trinajstić information content (AvgIpc) is 2.16. The summed E-state index contributed by atoms with van der Waals surface area (Å²) in [6, 6.07) is 1.39. The molecular formula is C14H27N3O. The Bertz CT molecular complexity index is 297. The topological polar surface area (TPSA) is 58.4 Å². The molecule has 0 aliphatic carbocycles. The number of carbonyl (C=O) groups is 1. The van der Waals surface area contributed by atoms with Crippen LogP contribution < -0.4 is 11.1 Å². The number of hydrogen-bond acceptors (Lipinski definition) is 3. The van der Waals surface area contributed by atoms with Crippen LogP contribution >= 0.6 is 0 Å². The summed E-state index contributed by atoms with van der Waals surface area (Å²) in [5.74, 6) is 0.148. The quantitative estimate of drug-likeness (QED) is 0.778. The number of fused-ring (bicyclic) bond motifs is 2. The fourth-order valence-corrected chi connectivity index (χ4v) is 3.40. The monoisotopic (exact) mass is 253 g/mol. The van der Waals surface area contributed by atoms with Crippen molar-refractivity contribution in [2.24, 2.45) is 5.73 Å². The molecule has 0 spiro atoms. The lowest BCUT2D eigenvalue weighted by Crippen LogP contribution is -2.58. The van der Waals surface area contributed by atoms with Crippen LogP contribution in [0.3, 0.4) is 0 Å². The van der Waals surface area contributed by atoms with E-state index in [0.717, 1.165) is 12.8 Å². The summed E-state index contributed by atoms with van der Waals surface area (Å²) in [6.07, 6.45) is 5.80. The smallest absolute Gasteiger partial charge is 0.234 e. The highest BCUT2D eigenvalue weighted by Crippen LogP contribution is 2.32. The molecule has 104 valence electrons. The largest absolute Gasteiger partial charge is 0.350 e. The van der Waals surface area contributed by atoms with Crippen LogP contribution in [0.5, 0.6) is 0 Å². The minimum absolute atomic E-state index is 0.140. The third kappa shape index (κ3) is 3.45. The maximum Gasteiger partial charge on any atom is 0.234 e. The minimum Gasteiger partial charge on any atom is -0.350 e. The lowest BCUT2D eigenvalue weighted by atomic mass is 9.82. The van der Waals surface area contributed by atoms with E-state index in [-0.39, 0.29) is 11.4 Å². The number of nitrogens with two attached hydrogens (primary N) is 1. The highest BCUT2D eigenvalue weighted by atomic mass is 16.2. The van der Waals surface area contributed by atoms with Gasteiger partial charge in [-0.15, -0.1) is 0 Å². The van der Waals surface area contributed by atoms with E-state index in [1.54, 1.807) is 0 Å². The van der Waals surface area contributed by atoms with Gasteiger partial charge in [0.05, 0.1) is 6.54 Å². The summed E-state index contributed by atoms with van der Waals surface area (Å²) in [5.41, 5.74) is 5.95. The van der Waals surface area contributed by atoms with Gasteiger partial charge in [-0.2, -0.15) is 0 Å². The van der Waals surface area contributed by atoms with Gasteiger partial charge >= 0.3 is 0 Å². The number of piperidine rings is 2. The van der Waals surface area contributed by atoms with Crippen LogP contribution in [0.25, 0.3) is 0 Å². The predicted molar refractivity (Wildman–Crippen MR) is 73.2 cm³/mol. The molecule has 2 saturated heterocycles. The zero-order chi connectivity index (χ0) is 13.3. The standard InChI is InChI=1S/C14H27N3O/c1-14(2,3)16-13(18)9-17-11-5-4-6-12(17)8-10(15)7-11/h10-12H,4-9,15H2,1-3H3,(H,16,18). The molecule has 0 aromatic heterocycles. The molecule has 4 heteroatoms. The van der Waals surface area contributed by atoms with Crippen molar-refractivity contribution >= 4 is 5.91 Å². The van der Waals surface area contributed by atoms with E-state index >= 15 is 0 Å². The lowest BCUT2D eigenvalue weighted by molar-refractivity contribution is -0.126. The van der Waals surface area contributed by atoms with Gasteiger partial charge in [0, 0.05) is 23.7 Å². The summed E-state index contributed by atoms with van der Waals surface area (Å²) < 4.78 is 0. The van der Waals surface area contributed by atoms with Crippen LogP contribution in [-0.2, 0) is 4.79 Å². The van der Waals surface area contributed by atoms with Gasteiger partial charge in [0.15, 0.2) is 0 Å². The third-order valence-electron chi connectivity index (χ3n) is 4.00. The summed E-state index contributed by atoms with van der Waals surface area (Å²) in [7, 11) is 0. The molecular weight excluding hydrogens is 226 g/mol. The normalized spacial score (nSPS) is 33.2. The van der Waals surface area contributed by atoms with Crippen molar-refractivity contribution in [3.05, 3.63) is 0 Å². The molecule has 2 rings (SSSR count). The zero-order valence-electron chi connectivity index (χ0n) is 11.9. The highest BCUT2D eigenvalue weighted by molar-refractivity contribution is 5.78. The molecule has 0 saturated carbocycles. The van der Waals surface area contributed by atoms with Crippen molar-refractivity contribution in [3.63, 3.8) is 0 Å². The first-order valence-corrected chi connectivity index (χ1v) is 7.17. The van der Waals surface area contributed by atoms with Gasteiger partial charge in [-0.25, -0.2) is 0 Å². The van der Waals surface area contributed by atoms with Crippen molar-refractivity contribution in [2.75, 3.05) is 6.54 Å². The van der Waals surface area contributed by atoms with E-state index < -0.39 is 0 Å². The Kier molecular flexibility index (Phi) is 3.97. The molecule has 2 fully saturated rings. The summed E-state index contributed by atoms with van der Waals surface area (Å²) in [6.45, 7) is 6.62. The molecule has 0 radical (unpaired) electrons. The van der Waals surface area contributed by atoms with Gasteiger partial charge in [0.1, 0.15) is 0 Å². The lowest BCUT2D eigenvalue weighted by Gasteiger charge is -2.48. The summed E-state index contributed by atoms with van der Waals surface area (Å²) >= 11 is 0. The number of nitrogens with zero attached hydrogens (tertiary/aromatic N) is 1. The second kappa shape index (κ2) is 5.17. The van der Waals surface area contributed by atoms with Gasteiger partial charge in [0.2, 0.25) is 5.91 Å². The SMILES string of the molecule is CC(C)(C)NC(=O)CN1C2CCCC1CC(N)C2. The van der Waals surface area contributed by atoms with E-state index in [0.29, 0.717) is 24.7 Å². The van der Waals surface area contributed by atoms with Crippen molar-refractivity contribution < 1.29 is 4.79 Å². The van der Waals surface area contributed by atoms with Crippen LogP contribution in [0.4, 0.5) is 0 Å². The van der Waals surface area contributed by atoms with Crippen molar-refractivity contribution in [1.82, 2.24) is 10.2 Å². The molecule has 2 aliphatic rings. The molecule has 2 atom stereocenters. The van der Waals surface area contributed by atoms with Gasteiger partial charge in [-0.05, 0) is 46.5 Å². The first-order chi connectivity index (χ1) is 8.35. The first kappa shape index (κ1) is 13.8. The molecule has 4 nitrogen and oxygen atoms in total. The van der Waals surface area contributed by atoms with Crippen molar-refractivity contribution in [1.29, 1.82) is 0 Å². The number of amides is 1. The van der Waals surface area contributed by atoms with Gasteiger partial charge in [-0.3, -0.25) is 9.69 Å². The zero-order valence-corrected chi connectivity index (χ0v) is 11.9. The maximum absolute atomic E-state index is 12.1. The Morgan fingerprint density at radius 3 is 2.33 bits per heavy atom. The van der Waals surface area contributed by atoms with Crippen LogP contribution in [0.15, 0.2) is 0 Å². The Hall–Kier alpha value is -0.610. The number of hydrogen-bond donors (Lipinski definition) is 2. The Balaban J connectivity index is 1.94. The predicted octanol–water partition coefficient (Wildman–Crippen LogP) is 1.25. The number of rotatable bonds is 2. The van der Waals surface area contributed by atoms with Crippen LogP contribution in [0.2, 0.25) is 0 Å². The molecule has 18 heavy (non-hydrogen) atoms. The first-order valence-electron chi connectivity index (χ1n) is 7.17. The van der Waals surface area contributed by atoms with Gasteiger partial charge < -0.3 is 11.1 Å². The van der Waals surface area contributed by atoms with Crippen LogP contribution in [0, 0.1) is 0 Å². The molecule has 3 N–H and O–H groups in total. The van der Waals surface area contributed by atoms with Crippen molar-refractivity contribution in [3.8, 4) is 0 Å². The highest BCUT2D eigenvalue weighted by Gasteiger charge is 2.37. The Labute approximate surface area is 110 Å². The summed E-state index contributed by atoms with van der Waals surface area (Å²) in [4.78, 5) is 14.5. The summed E-state index contributed by atoms with van der Waals surface area (Å²) in [5, 5.41) is 3.06. The second-order valence-corrected chi connectivity index (χ2v) is 6.94. The molecule has 2 unspecified atom stereocenters. The number of nitrogens with one attached hydrogen (secondary N) is 1. The Morgan fingerprint density at radius 1 is 1.28 bits per heavy atom. The molecule has 0 aromatic rings. The fraction of sp³-hybridized carbons (Fsp3) is 0.929. The van der Waals surface area contributed by atoms with Crippen LogP contribution in [-0.4, -0.2) is 41.0 Å². The van der Waals surface area contributed by atoms with E-state index in [1.165, 1.54) is 19.3 Å². The second-order valence-electron chi connectivity index (χ2n) is 6.94. The van der Waals surface area contributed by atoms with Crippen LogP contribution in [0.1, 0.15) is 52.9 Å². The van der Waals surface area contributed by atoms with Gasteiger partial charge in [-0.1, -0.05) is 6.42 Å². The van der Waals surface area contributed by atoms with Gasteiger partial charge in [0.25, 0.3) is 0 Å². The maximum atomic E-state index is 12.1. The number of carbonyl (C=O) groups excluding carboxylic acids is 1. The average molecular weight is 253 g/mol. The third-order valence-corrected chi connectivity index (χ3v) is 4.00. The molecule has 0 aromatic carbocycles. The van der Waals surface area contributed by atoms with E-state index in [4.69, 9.17) is 5.73 Å². The molecule has 2 bridgehead atoms. The van der Waals surface area contributed by atoms with Crippen molar-refractivity contribution in [2.45, 2.75) is 76.5 Å². The van der Waals surface area contributed by atoms with E-state index in [9.17, 15) is 4.79 Å². The van der Waals surface area contributed by atoms with E-state index in [1.807, 2.05) is 20.8 Å².